The first-order chi connectivity index (χ1) is 6.87. The SMILES string of the molecule is CC1(C)OB(C23CCCC2C3)OC1(C)C. The first kappa shape index (κ1) is 10.2. The molecule has 0 bridgehead atoms. The highest BCUT2D eigenvalue weighted by atomic mass is 16.7. The van der Waals surface area contributed by atoms with Gasteiger partial charge in [0.25, 0.3) is 0 Å². The van der Waals surface area contributed by atoms with Gasteiger partial charge in [-0.15, -0.1) is 0 Å². The molecule has 3 heteroatoms. The Hall–Kier alpha value is -0.0151. The Morgan fingerprint density at radius 1 is 1.07 bits per heavy atom. The van der Waals surface area contributed by atoms with Gasteiger partial charge >= 0.3 is 7.12 Å². The summed E-state index contributed by atoms with van der Waals surface area (Å²) < 4.78 is 12.3. The molecule has 2 atom stereocenters. The van der Waals surface area contributed by atoms with Crippen LogP contribution in [0.15, 0.2) is 0 Å². The fourth-order valence-corrected chi connectivity index (χ4v) is 3.26. The fraction of sp³-hybridized carbons (Fsp3) is 1.00. The first-order valence-electron chi connectivity index (χ1n) is 6.23. The van der Waals surface area contributed by atoms with E-state index in [-0.39, 0.29) is 18.3 Å². The van der Waals surface area contributed by atoms with E-state index in [2.05, 4.69) is 27.7 Å². The quantitative estimate of drug-likeness (QED) is 0.616. The van der Waals surface area contributed by atoms with Crippen molar-refractivity contribution in [1.29, 1.82) is 0 Å². The summed E-state index contributed by atoms with van der Waals surface area (Å²) in [6, 6.07) is 0. The molecule has 3 aliphatic rings. The summed E-state index contributed by atoms with van der Waals surface area (Å²) in [5.41, 5.74) is -0.301. The predicted molar refractivity (Wildman–Crippen MR) is 60.7 cm³/mol. The van der Waals surface area contributed by atoms with Gasteiger partial charge < -0.3 is 9.31 Å². The van der Waals surface area contributed by atoms with Gasteiger partial charge in [-0.1, -0.05) is 12.8 Å². The highest BCUT2D eigenvalue weighted by molar-refractivity contribution is 6.51. The monoisotopic (exact) mass is 208 g/mol. The lowest BCUT2D eigenvalue weighted by molar-refractivity contribution is 0.00578. The van der Waals surface area contributed by atoms with E-state index in [1.807, 2.05) is 0 Å². The second-order valence-electron chi connectivity index (χ2n) is 6.61. The van der Waals surface area contributed by atoms with Gasteiger partial charge in [0, 0.05) is 5.31 Å². The highest BCUT2D eigenvalue weighted by Gasteiger charge is 2.70. The maximum Gasteiger partial charge on any atom is 0.464 e. The number of rotatable bonds is 1. The van der Waals surface area contributed by atoms with Gasteiger partial charge in [0.05, 0.1) is 11.2 Å². The molecule has 3 fully saturated rings. The predicted octanol–water partition coefficient (Wildman–Crippen LogP) is 3.02. The van der Waals surface area contributed by atoms with E-state index in [1.54, 1.807) is 0 Å². The standard InChI is InChI=1S/C12H21BO2/c1-10(2)11(3,4)15-13(14-10)12-7-5-6-9(12)8-12/h9H,5-8H2,1-4H3. The van der Waals surface area contributed by atoms with Crippen LogP contribution < -0.4 is 0 Å². The topological polar surface area (TPSA) is 18.5 Å². The maximum atomic E-state index is 6.17. The molecule has 0 amide bonds. The van der Waals surface area contributed by atoms with Crippen LogP contribution in [0.25, 0.3) is 0 Å². The van der Waals surface area contributed by atoms with Gasteiger partial charge in [-0.2, -0.15) is 0 Å². The molecule has 1 aliphatic heterocycles. The van der Waals surface area contributed by atoms with Crippen LogP contribution >= 0.6 is 0 Å². The van der Waals surface area contributed by atoms with Gasteiger partial charge in [0.15, 0.2) is 0 Å². The van der Waals surface area contributed by atoms with Crippen LogP contribution in [-0.4, -0.2) is 18.3 Å². The lowest BCUT2D eigenvalue weighted by Crippen LogP contribution is -2.41. The zero-order valence-corrected chi connectivity index (χ0v) is 10.3. The van der Waals surface area contributed by atoms with Gasteiger partial charge in [-0.05, 0) is 46.5 Å². The van der Waals surface area contributed by atoms with E-state index in [9.17, 15) is 0 Å². The van der Waals surface area contributed by atoms with Crippen molar-refractivity contribution in [2.24, 2.45) is 5.92 Å². The molecule has 84 valence electrons. The molecule has 2 saturated carbocycles. The van der Waals surface area contributed by atoms with Crippen LogP contribution in [0.4, 0.5) is 0 Å². The summed E-state index contributed by atoms with van der Waals surface area (Å²) in [4.78, 5) is 0. The Labute approximate surface area is 92.9 Å². The molecular weight excluding hydrogens is 187 g/mol. The highest BCUT2D eigenvalue weighted by Crippen LogP contribution is 2.73. The minimum atomic E-state index is -0.151. The molecule has 1 saturated heterocycles. The Balaban J connectivity index is 1.82. The molecule has 0 aromatic heterocycles. The summed E-state index contributed by atoms with van der Waals surface area (Å²) in [5.74, 6) is 0.896. The van der Waals surface area contributed by atoms with Crippen molar-refractivity contribution < 1.29 is 9.31 Å². The van der Waals surface area contributed by atoms with Crippen molar-refractivity contribution in [3.05, 3.63) is 0 Å². The number of hydrogen-bond acceptors (Lipinski definition) is 2. The Kier molecular flexibility index (Phi) is 1.78. The van der Waals surface area contributed by atoms with Crippen LogP contribution in [0.2, 0.25) is 5.31 Å². The van der Waals surface area contributed by atoms with Crippen molar-refractivity contribution >= 4 is 7.12 Å². The Morgan fingerprint density at radius 3 is 2.07 bits per heavy atom. The largest absolute Gasteiger partial charge is 0.464 e. The molecule has 2 nitrogen and oxygen atoms in total. The average molecular weight is 208 g/mol. The third kappa shape index (κ3) is 1.20. The Bertz CT molecular complexity index is 284. The van der Waals surface area contributed by atoms with Crippen LogP contribution in [0.1, 0.15) is 53.4 Å². The van der Waals surface area contributed by atoms with Crippen LogP contribution in [0.3, 0.4) is 0 Å². The smallest absolute Gasteiger partial charge is 0.403 e. The molecule has 3 rings (SSSR count). The number of fused-ring (bicyclic) bond motifs is 1. The van der Waals surface area contributed by atoms with E-state index in [0.29, 0.717) is 5.31 Å². The van der Waals surface area contributed by atoms with E-state index >= 15 is 0 Å². The normalized spacial score (nSPS) is 45.6. The lowest BCUT2D eigenvalue weighted by Gasteiger charge is -2.32. The lowest BCUT2D eigenvalue weighted by atomic mass is 9.66. The van der Waals surface area contributed by atoms with E-state index in [1.165, 1.54) is 25.7 Å². The molecular formula is C12H21BO2. The summed E-state index contributed by atoms with van der Waals surface area (Å²) in [7, 11) is 0.0648. The molecule has 0 spiro atoms. The molecule has 0 radical (unpaired) electrons. The summed E-state index contributed by atoms with van der Waals surface area (Å²) in [5, 5.41) is 0.408. The molecule has 1 heterocycles. The van der Waals surface area contributed by atoms with Crippen molar-refractivity contribution in [1.82, 2.24) is 0 Å². The third-order valence-electron chi connectivity index (χ3n) is 5.20. The third-order valence-corrected chi connectivity index (χ3v) is 5.20. The summed E-state index contributed by atoms with van der Waals surface area (Å²) >= 11 is 0. The number of hydrogen-bond donors (Lipinski definition) is 0. The van der Waals surface area contributed by atoms with Gasteiger partial charge in [-0.25, -0.2) is 0 Å². The second kappa shape index (κ2) is 2.62. The van der Waals surface area contributed by atoms with E-state index in [0.717, 1.165) is 5.92 Å². The molecule has 0 N–H and O–H groups in total. The zero-order chi connectivity index (χ0) is 10.9. The molecule has 2 unspecified atom stereocenters. The van der Waals surface area contributed by atoms with Crippen LogP contribution in [0, 0.1) is 5.92 Å². The van der Waals surface area contributed by atoms with Gasteiger partial charge in [0.2, 0.25) is 0 Å². The first-order valence-corrected chi connectivity index (χ1v) is 6.23. The second-order valence-corrected chi connectivity index (χ2v) is 6.61. The average Bonchev–Trinajstić information content (AvgIpc) is 2.58. The minimum absolute atomic E-state index is 0.0648. The molecule has 2 aliphatic carbocycles. The fourth-order valence-electron chi connectivity index (χ4n) is 3.26. The van der Waals surface area contributed by atoms with E-state index in [4.69, 9.17) is 9.31 Å². The van der Waals surface area contributed by atoms with Gasteiger partial charge in [-0.3, -0.25) is 0 Å². The van der Waals surface area contributed by atoms with Gasteiger partial charge in [0.1, 0.15) is 0 Å². The van der Waals surface area contributed by atoms with Crippen LogP contribution in [-0.2, 0) is 9.31 Å². The van der Waals surface area contributed by atoms with Crippen molar-refractivity contribution in [3.63, 3.8) is 0 Å². The molecule has 0 aromatic rings. The minimum Gasteiger partial charge on any atom is -0.403 e. The van der Waals surface area contributed by atoms with Crippen molar-refractivity contribution in [2.45, 2.75) is 69.9 Å². The zero-order valence-electron chi connectivity index (χ0n) is 10.3. The molecule has 0 aromatic carbocycles. The Morgan fingerprint density at radius 2 is 1.67 bits per heavy atom. The molecule has 15 heavy (non-hydrogen) atoms. The maximum absolute atomic E-state index is 6.17. The van der Waals surface area contributed by atoms with Crippen LogP contribution in [0.5, 0.6) is 0 Å². The van der Waals surface area contributed by atoms with Crippen molar-refractivity contribution in [3.8, 4) is 0 Å². The van der Waals surface area contributed by atoms with Crippen molar-refractivity contribution in [2.75, 3.05) is 0 Å². The summed E-state index contributed by atoms with van der Waals surface area (Å²) in [6.45, 7) is 8.60. The summed E-state index contributed by atoms with van der Waals surface area (Å²) in [6.07, 6.45) is 5.41. The van der Waals surface area contributed by atoms with E-state index < -0.39 is 0 Å².